The molecule has 2 heterocycles. The highest BCUT2D eigenvalue weighted by Crippen LogP contribution is 2.12. The number of para-hydroxylation sites is 1. The Hall–Kier alpha value is -3.52. The zero-order valence-electron chi connectivity index (χ0n) is 17.1. The van der Waals surface area contributed by atoms with Crippen LogP contribution in [0, 0.1) is 5.82 Å². The Bertz CT molecular complexity index is 1040. The maximum Gasteiger partial charge on any atom is 0.238 e. The van der Waals surface area contributed by atoms with Crippen LogP contribution in [-0.4, -0.2) is 64.1 Å². The SMILES string of the molecule is O=C(CN1CCN(C(=O)Cc2cnn(-c3ccccc3)c2)CC1)Nc1cccc(F)c1. The van der Waals surface area contributed by atoms with Crippen LogP contribution in [0.1, 0.15) is 5.56 Å². The molecule has 2 aromatic carbocycles. The first-order chi connectivity index (χ1) is 15.1. The summed E-state index contributed by atoms with van der Waals surface area (Å²) in [5.74, 6) is -0.533. The molecule has 0 saturated carbocycles. The first-order valence-electron chi connectivity index (χ1n) is 10.2. The number of nitrogens with one attached hydrogen (secondary N) is 1. The predicted octanol–water partition coefficient (Wildman–Crippen LogP) is 2.34. The van der Waals surface area contributed by atoms with Gasteiger partial charge in [-0.2, -0.15) is 5.10 Å². The van der Waals surface area contributed by atoms with Crippen molar-refractivity contribution < 1.29 is 14.0 Å². The summed E-state index contributed by atoms with van der Waals surface area (Å²) in [5.41, 5.74) is 2.26. The van der Waals surface area contributed by atoms with Gasteiger partial charge in [0.15, 0.2) is 0 Å². The molecule has 1 saturated heterocycles. The summed E-state index contributed by atoms with van der Waals surface area (Å²) in [4.78, 5) is 28.7. The van der Waals surface area contributed by atoms with Crippen molar-refractivity contribution in [2.75, 3.05) is 38.0 Å². The molecule has 160 valence electrons. The summed E-state index contributed by atoms with van der Waals surface area (Å²) in [6, 6.07) is 15.6. The number of carbonyl (C=O) groups excluding carboxylic acids is 2. The summed E-state index contributed by atoms with van der Waals surface area (Å²) in [5, 5.41) is 7.04. The minimum Gasteiger partial charge on any atom is -0.340 e. The molecular formula is C23H24FN5O2. The summed E-state index contributed by atoms with van der Waals surface area (Å²) in [6.07, 6.45) is 3.89. The highest BCUT2D eigenvalue weighted by atomic mass is 19.1. The molecule has 1 N–H and O–H groups in total. The molecule has 0 spiro atoms. The molecular weight excluding hydrogens is 397 g/mol. The van der Waals surface area contributed by atoms with E-state index in [1.54, 1.807) is 23.0 Å². The van der Waals surface area contributed by atoms with Gasteiger partial charge in [-0.05, 0) is 35.9 Å². The number of hydrogen-bond donors (Lipinski definition) is 1. The van der Waals surface area contributed by atoms with Crippen LogP contribution in [0.15, 0.2) is 67.0 Å². The van der Waals surface area contributed by atoms with E-state index in [9.17, 15) is 14.0 Å². The van der Waals surface area contributed by atoms with Crippen molar-refractivity contribution in [2.24, 2.45) is 0 Å². The summed E-state index contributed by atoms with van der Waals surface area (Å²) in [6.45, 7) is 2.58. The first-order valence-corrected chi connectivity index (χ1v) is 10.2. The number of carbonyl (C=O) groups is 2. The minimum absolute atomic E-state index is 0.0523. The van der Waals surface area contributed by atoms with E-state index in [1.807, 2.05) is 46.3 Å². The number of rotatable bonds is 6. The third-order valence-corrected chi connectivity index (χ3v) is 5.21. The second kappa shape index (κ2) is 9.53. The smallest absolute Gasteiger partial charge is 0.238 e. The van der Waals surface area contributed by atoms with Crippen LogP contribution < -0.4 is 5.32 Å². The molecule has 1 aromatic heterocycles. The summed E-state index contributed by atoms with van der Waals surface area (Å²) >= 11 is 0. The van der Waals surface area contributed by atoms with Crippen LogP contribution in [0.5, 0.6) is 0 Å². The Kier molecular flexibility index (Phi) is 6.37. The molecule has 1 fully saturated rings. The molecule has 7 nitrogen and oxygen atoms in total. The lowest BCUT2D eigenvalue weighted by Gasteiger charge is -2.34. The van der Waals surface area contributed by atoms with Crippen molar-refractivity contribution in [2.45, 2.75) is 6.42 Å². The standard InChI is InChI=1S/C23H24FN5O2/c24-19-5-4-6-20(14-19)26-22(30)17-27-9-11-28(12-10-27)23(31)13-18-15-25-29(16-18)21-7-2-1-3-8-21/h1-8,14-16H,9-13,17H2,(H,26,30). The van der Waals surface area contributed by atoms with Gasteiger partial charge in [-0.25, -0.2) is 9.07 Å². The molecule has 0 radical (unpaired) electrons. The predicted molar refractivity (Wildman–Crippen MR) is 115 cm³/mol. The van der Waals surface area contributed by atoms with Crippen LogP contribution in [0.4, 0.5) is 10.1 Å². The minimum atomic E-state index is -0.390. The third kappa shape index (κ3) is 5.55. The topological polar surface area (TPSA) is 70.5 Å². The van der Waals surface area contributed by atoms with E-state index >= 15 is 0 Å². The number of amides is 2. The Morgan fingerprint density at radius 1 is 1.00 bits per heavy atom. The molecule has 0 atom stereocenters. The van der Waals surface area contributed by atoms with Crippen LogP contribution >= 0.6 is 0 Å². The van der Waals surface area contributed by atoms with Crippen LogP contribution in [-0.2, 0) is 16.0 Å². The van der Waals surface area contributed by atoms with Crippen molar-refractivity contribution in [3.8, 4) is 5.69 Å². The van der Waals surface area contributed by atoms with E-state index in [2.05, 4.69) is 10.4 Å². The van der Waals surface area contributed by atoms with Crippen LogP contribution in [0.2, 0.25) is 0 Å². The number of nitrogens with zero attached hydrogens (tertiary/aromatic N) is 4. The number of benzene rings is 2. The van der Waals surface area contributed by atoms with Gasteiger partial charge in [0.25, 0.3) is 0 Å². The third-order valence-electron chi connectivity index (χ3n) is 5.21. The fourth-order valence-corrected chi connectivity index (χ4v) is 3.58. The molecule has 8 heteroatoms. The van der Waals surface area contributed by atoms with E-state index in [0.29, 0.717) is 38.3 Å². The largest absolute Gasteiger partial charge is 0.340 e. The van der Waals surface area contributed by atoms with E-state index in [4.69, 9.17) is 0 Å². The maximum atomic E-state index is 13.2. The number of aromatic nitrogens is 2. The molecule has 4 rings (SSSR count). The van der Waals surface area contributed by atoms with E-state index in [-0.39, 0.29) is 24.2 Å². The van der Waals surface area contributed by atoms with Gasteiger partial charge >= 0.3 is 0 Å². The number of halogens is 1. The van der Waals surface area contributed by atoms with E-state index in [0.717, 1.165) is 11.3 Å². The Morgan fingerprint density at radius 3 is 2.52 bits per heavy atom. The lowest BCUT2D eigenvalue weighted by Crippen LogP contribution is -2.50. The number of hydrogen-bond acceptors (Lipinski definition) is 4. The molecule has 0 aliphatic carbocycles. The fraction of sp³-hybridized carbons (Fsp3) is 0.261. The highest BCUT2D eigenvalue weighted by molar-refractivity contribution is 5.92. The van der Waals surface area contributed by atoms with Crippen LogP contribution in [0.3, 0.4) is 0 Å². The first kappa shape index (κ1) is 20.7. The number of piperazine rings is 1. The zero-order valence-corrected chi connectivity index (χ0v) is 17.1. The Balaban J connectivity index is 1.23. The molecule has 0 unspecified atom stereocenters. The van der Waals surface area contributed by atoms with Gasteiger partial charge in [0.2, 0.25) is 11.8 Å². The zero-order chi connectivity index (χ0) is 21.6. The van der Waals surface area contributed by atoms with Crippen molar-refractivity contribution in [3.63, 3.8) is 0 Å². The molecule has 1 aliphatic heterocycles. The highest BCUT2D eigenvalue weighted by Gasteiger charge is 2.23. The summed E-state index contributed by atoms with van der Waals surface area (Å²) in [7, 11) is 0. The van der Waals surface area contributed by atoms with E-state index < -0.39 is 0 Å². The van der Waals surface area contributed by atoms with Gasteiger partial charge in [-0.1, -0.05) is 24.3 Å². The van der Waals surface area contributed by atoms with Crippen molar-refractivity contribution in [1.82, 2.24) is 19.6 Å². The fourth-order valence-electron chi connectivity index (χ4n) is 3.58. The molecule has 31 heavy (non-hydrogen) atoms. The molecule has 1 aliphatic rings. The molecule has 2 amide bonds. The second-order valence-electron chi connectivity index (χ2n) is 7.52. The lowest BCUT2D eigenvalue weighted by atomic mass is 10.2. The van der Waals surface area contributed by atoms with Crippen molar-refractivity contribution in [3.05, 3.63) is 78.4 Å². The van der Waals surface area contributed by atoms with Gasteiger partial charge in [-0.15, -0.1) is 0 Å². The maximum absolute atomic E-state index is 13.2. The van der Waals surface area contributed by atoms with Gasteiger partial charge in [-0.3, -0.25) is 14.5 Å². The Morgan fingerprint density at radius 2 is 1.77 bits per heavy atom. The monoisotopic (exact) mass is 421 g/mol. The van der Waals surface area contributed by atoms with Gasteiger partial charge in [0, 0.05) is 38.1 Å². The van der Waals surface area contributed by atoms with Gasteiger partial charge in [0.05, 0.1) is 24.8 Å². The van der Waals surface area contributed by atoms with E-state index in [1.165, 1.54) is 12.1 Å². The Labute approximate surface area is 180 Å². The second-order valence-corrected chi connectivity index (χ2v) is 7.52. The van der Waals surface area contributed by atoms with Crippen LogP contribution in [0.25, 0.3) is 5.69 Å². The lowest BCUT2D eigenvalue weighted by molar-refractivity contribution is -0.132. The van der Waals surface area contributed by atoms with Crippen molar-refractivity contribution >= 4 is 17.5 Å². The summed E-state index contributed by atoms with van der Waals surface area (Å²) < 4.78 is 15.0. The molecule has 3 aromatic rings. The van der Waals surface area contributed by atoms with Gasteiger partial charge in [0.1, 0.15) is 5.82 Å². The normalized spacial score (nSPS) is 14.4. The average Bonchev–Trinajstić information content (AvgIpc) is 3.23. The van der Waals surface area contributed by atoms with Crippen molar-refractivity contribution in [1.29, 1.82) is 0 Å². The number of anilines is 1. The average molecular weight is 421 g/mol. The molecule has 0 bridgehead atoms. The quantitative estimate of drug-likeness (QED) is 0.663. The van der Waals surface area contributed by atoms with Gasteiger partial charge < -0.3 is 10.2 Å².